The molecule has 4 heteroatoms. The summed E-state index contributed by atoms with van der Waals surface area (Å²) in [7, 11) is 1.70. The summed E-state index contributed by atoms with van der Waals surface area (Å²) >= 11 is 0. The standard InChI is InChI=1S/C12H8N2O2/c1-14-6-9-10(13-14)12(16)8-5-3-2-4-7(8)11(9)15/h2-6H,1H3. The minimum atomic E-state index is -0.175. The molecule has 0 bridgehead atoms. The molecule has 0 N–H and O–H groups in total. The molecule has 4 nitrogen and oxygen atoms in total. The molecule has 0 amide bonds. The maximum Gasteiger partial charge on any atom is 0.214 e. The van der Waals surface area contributed by atoms with Crippen LogP contribution < -0.4 is 0 Å². The maximum atomic E-state index is 12.1. The zero-order valence-corrected chi connectivity index (χ0v) is 8.60. The fourth-order valence-electron chi connectivity index (χ4n) is 1.97. The van der Waals surface area contributed by atoms with Gasteiger partial charge in [0.2, 0.25) is 5.78 Å². The predicted molar refractivity (Wildman–Crippen MR) is 56.5 cm³/mol. The minimum absolute atomic E-state index is 0.127. The topological polar surface area (TPSA) is 52.0 Å². The number of hydrogen-bond acceptors (Lipinski definition) is 3. The van der Waals surface area contributed by atoms with Crippen molar-refractivity contribution in [2.24, 2.45) is 7.05 Å². The molecule has 78 valence electrons. The Hall–Kier alpha value is -2.23. The van der Waals surface area contributed by atoms with Crippen molar-refractivity contribution >= 4 is 11.6 Å². The molecule has 1 heterocycles. The van der Waals surface area contributed by atoms with Crippen LogP contribution in [0.15, 0.2) is 30.5 Å². The van der Waals surface area contributed by atoms with Crippen molar-refractivity contribution in [2.45, 2.75) is 0 Å². The summed E-state index contributed by atoms with van der Waals surface area (Å²) in [6, 6.07) is 6.84. The Morgan fingerprint density at radius 2 is 1.62 bits per heavy atom. The van der Waals surface area contributed by atoms with Gasteiger partial charge in [-0.25, -0.2) is 0 Å². The SMILES string of the molecule is Cn1cc2c(n1)C(=O)c1ccccc1C2=O. The van der Waals surface area contributed by atoms with Crippen LogP contribution in [-0.4, -0.2) is 21.3 Å². The van der Waals surface area contributed by atoms with E-state index >= 15 is 0 Å². The van der Waals surface area contributed by atoms with Crippen LogP contribution in [0.1, 0.15) is 32.0 Å². The Morgan fingerprint density at radius 3 is 2.31 bits per heavy atom. The lowest BCUT2D eigenvalue weighted by Gasteiger charge is -2.11. The molecule has 0 aliphatic heterocycles. The summed E-state index contributed by atoms with van der Waals surface area (Å²) in [4.78, 5) is 24.1. The number of benzene rings is 1. The Labute approximate surface area is 91.5 Å². The van der Waals surface area contributed by atoms with E-state index in [0.717, 1.165) is 0 Å². The third-order valence-electron chi connectivity index (χ3n) is 2.70. The molecule has 0 radical (unpaired) electrons. The highest BCUT2D eigenvalue weighted by Gasteiger charge is 2.31. The Kier molecular flexibility index (Phi) is 1.63. The van der Waals surface area contributed by atoms with Gasteiger partial charge >= 0.3 is 0 Å². The van der Waals surface area contributed by atoms with Gasteiger partial charge in [-0.05, 0) is 0 Å². The van der Waals surface area contributed by atoms with Gasteiger partial charge in [0.05, 0.1) is 5.56 Å². The molecule has 1 aromatic heterocycles. The summed E-state index contributed by atoms with van der Waals surface area (Å²) in [5, 5.41) is 4.03. The van der Waals surface area contributed by atoms with Crippen molar-refractivity contribution in [3.05, 3.63) is 52.8 Å². The van der Waals surface area contributed by atoms with E-state index in [2.05, 4.69) is 5.10 Å². The van der Waals surface area contributed by atoms with E-state index in [9.17, 15) is 9.59 Å². The maximum absolute atomic E-state index is 12.1. The number of aryl methyl sites for hydroxylation is 1. The molecular weight excluding hydrogens is 204 g/mol. The summed E-state index contributed by atoms with van der Waals surface area (Å²) in [6.07, 6.45) is 1.59. The normalized spacial score (nSPS) is 13.6. The number of ketones is 2. The fourth-order valence-corrected chi connectivity index (χ4v) is 1.97. The second-order valence-corrected chi connectivity index (χ2v) is 3.77. The Morgan fingerprint density at radius 1 is 1.00 bits per heavy atom. The first-order chi connectivity index (χ1) is 7.68. The number of rotatable bonds is 0. The van der Waals surface area contributed by atoms with Gasteiger partial charge in [0.25, 0.3) is 0 Å². The molecule has 16 heavy (non-hydrogen) atoms. The van der Waals surface area contributed by atoms with E-state index in [-0.39, 0.29) is 17.3 Å². The zero-order valence-electron chi connectivity index (χ0n) is 8.60. The number of carbonyl (C=O) groups excluding carboxylic acids is 2. The van der Waals surface area contributed by atoms with Gasteiger partial charge in [0.15, 0.2) is 5.78 Å². The van der Waals surface area contributed by atoms with Gasteiger partial charge in [-0.1, -0.05) is 24.3 Å². The molecule has 0 saturated heterocycles. The highest BCUT2D eigenvalue weighted by molar-refractivity contribution is 6.27. The van der Waals surface area contributed by atoms with Crippen LogP contribution in [0.25, 0.3) is 0 Å². The smallest absolute Gasteiger partial charge is 0.214 e. The van der Waals surface area contributed by atoms with Gasteiger partial charge in [-0.15, -0.1) is 0 Å². The molecule has 2 aromatic rings. The van der Waals surface area contributed by atoms with Gasteiger partial charge in [-0.2, -0.15) is 5.10 Å². The number of carbonyl (C=O) groups is 2. The lowest BCUT2D eigenvalue weighted by atomic mass is 9.88. The first-order valence-corrected chi connectivity index (χ1v) is 4.90. The third-order valence-corrected chi connectivity index (χ3v) is 2.70. The van der Waals surface area contributed by atoms with Gasteiger partial charge in [0.1, 0.15) is 5.69 Å². The minimum Gasteiger partial charge on any atom is -0.288 e. The summed E-state index contributed by atoms with van der Waals surface area (Å²) < 4.78 is 1.49. The molecular formula is C12H8N2O2. The van der Waals surface area contributed by atoms with Crippen molar-refractivity contribution in [2.75, 3.05) is 0 Å². The first kappa shape index (κ1) is 9.03. The van der Waals surface area contributed by atoms with Crippen LogP contribution >= 0.6 is 0 Å². The van der Waals surface area contributed by atoms with Crippen LogP contribution in [0.2, 0.25) is 0 Å². The van der Waals surface area contributed by atoms with E-state index < -0.39 is 0 Å². The van der Waals surface area contributed by atoms with E-state index in [1.165, 1.54) is 4.68 Å². The Balaban J connectivity index is 2.34. The summed E-state index contributed by atoms with van der Waals surface area (Å²) in [5.41, 5.74) is 1.56. The average molecular weight is 212 g/mol. The molecule has 1 aliphatic carbocycles. The van der Waals surface area contributed by atoms with Crippen molar-refractivity contribution in [1.29, 1.82) is 0 Å². The molecule has 0 atom stereocenters. The lowest BCUT2D eigenvalue weighted by Crippen LogP contribution is -2.19. The van der Waals surface area contributed by atoms with E-state index in [1.807, 2.05) is 0 Å². The monoisotopic (exact) mass is 212 g/mol. The van der Waals surface area contributed by atoms with E-state index in [0.29, 0.717) is 16.7 Å². The van der Waals surface area contributed by atoms with Gasteiger partial charge in [0, 0.05) is 24.4 Å². The van der Waals surface area contributed by atoms with Gasteiger partial charge < -0.3 is 0 Å². The Bertz CT molecular complexity index is 573. The van der Waals surface area contributed by atoms with Gasteiger partial charge in [-0.3, -0.25) is 14.3 Å². The second kappa shape index (κ2) is 2.88. The van der Waals surface area contributed by atoms with Crippen LogP contribution in [0.5, 0.6) is 0 Å². The number of aromatic nitrogens is 2. The summed E-state index contributed by atoms with van der Waals surface area (Å²) in [6.45, 7) is 0. The number of nitrogens with zero attached hydrogens (tertiary/aromatic N) is 2. The van der Waals surface area contributed by atoms with Crippen molar-refractivity contribution in [3.63, 3.8) is 0 Å². The van der Waals surface area contributed by atoms with Crippen LogP contribution in [0.3, 0.4) is 0 Å². The fraction of sp³-hybridized carbons (Fsp3) is 0.0833. The van der Waals surface area contributed by atoms with Crippen LogP contribution in [-0.2, 0) is 7.05 Å². The summed E-state index contributed by atoms with van der Waals surface area (Å²) in [5.74, 6) is -0.302. The molecule has 0 fully saturated rings. The molecule has 0 spiro atoms. The van der Waals surface area contributed by atoms with E-state index in [4.69, 9.17) is 0 Å². The second-order valence-electron chi connectivity index (χ2n) is 3.77. The van der Waals surface area contributed by atoms with Crippen LogP contribution in [0.4, 0.5) is 0 Å². The van der Waals surface area contributed by atoms with Crippen molar-refractivity contribution < 1.29 is 9.59 Å². The first-order valence-electron chi connectivity index (χ1n) is 4.90. The molecule has 3 rings (SSSR count). The highest BCUT2D eigenvalue weighted by Crippen LogP contribution is 2.25. The number of fused-ring (bicyclic) bond motifs is 2. The van der Waals surface area contributed by atoms with Crippen molar-refractivity contribution in [1.82, 2.24) is 9.78 Å². The quantitative estimate of drug-likeness (QED) is 0.562. The number of hydrogen-bond donors (Lipinski definition) is 0. The van der Waals surface area contributed by atoms with Crippen LogP contribution in [0, 0.1) is 0 Å². The molecule has 0 unspecified atom stereocenters. The predicted octanol–water partition coefficient (Wildman–Crippen LogP) is 1.20. The average Bonchev–Trinajstić information content (AvgIpc) is 2.68. The molecule has 1 aliphatic rings. The van der Waals surface area contributed by atoms with E-state index in [1.54, 1.807) is 37.5 Å². The lowest BCUT2D eigenvalue weighted by molar-refractivity contribution is 0.0977. The largest absolute Gasteiger partial charge is 0.288 e. The molecule has 1 aromatic carbocycles. The zero-order chi connectivity index (χ0) is 11.3. The van der Waals surface area contributed by atoms with Crippen molar-refractivity contribution in [3.8, 4) is 0 Å². The molecule has 0 saturated carbocycles. The highest BCUT2D eigenvalue weighted by atomic mass is 16.1. The third kappa shape index (κ3) is 1.01.